The molecule has 140 valence electrons. The Hall–Kier alpha value is -1.93. The van der Waals surface area contributed by atoms with Gasteiger partial charge in [-0.05, 0) is 57.3 Å². The van der Waals surface area contributed by atoms with E-state index >= 15 is 0 Å². The Balaban J connectivity index is 1.78. The fourth-order valence-electron chi connectivity index (χ4n) is 3.33. The summed E-state index contributed by atoms with van der Waals surface area (Å²) in [5.41, 5.74) is 3.95. The Bertz CT molecular complexity index is 841. The Kier molecular flexibility index (Phi) is 5.62. The SMILES string of the molecule is COC(=O)c1c(NC(=S)NC(C)c2cnn(C)c2C)sc2c1CCCC2. The fraction of sp³-hybridized carbons (Fsp3) is 0.500. The van der Waals surface area contributed by atoms with E-state index in [9.17, 15) is 4.79 Å². The fourth-order valence-corrected chi connectivity index (χ4v) is 4.95. The van der Waals surface area contributed by atoms with Crippen molar-refractivity contribution < 1.29 is 9.53 Å². The molecule has 0 bridgehead atoms. The summed E-state index contributed by atoms with van der Waals surface area (Å²) in [4.78, 5) is 13.6. The van der Waals surface area contributed by atoms with Crippen LogP contribution in [0.25, 0.3) is 0 Å². The van der Waals surface area contributed by atoms with E-state index in [4.69, 9.17) is 17.0 Å². The second-order valence-electron chi connectivity index (χ2n) is 6.54. The highest BCUT2D eigenvalue weighted by molar-refractivity contribution is 7.80. The molecule has 3 rings (SSSR count). The van der Waals surface area contributed by atoms with Crippen LogP contribution in [0.1, 0.15) is 57.9 Å². The number of aromatic nitrogens is 2. The highest BCUT2D eigenvalue weighted by Gasteiger charge is 2.26. The van der Waals surface area contributed by atoms with E-state index in [0.717, 1.165) is 47.5 Å². The van der Waals surface area contributed by atoms with E-state index in [2.05, 4.69) is 15.7 Å². The van der Waals surface area contributed by atoms with Gasteiger partial charge in [-0.2, -0.15) is 5.10 Å². The molecule has 1 unspecified atom stereocenters. The summed E-state index contributed by atoms with van der Waals surface area (Å²) in [5, 5.41) is 12.0. The second kappa shape index (κ2) is 7.75. The molecule has 0 fully saturated rings. The van der Waals surface area contributed by atoms with Crippen molar-refractivity contribution >= 4 is 39.6 Å². The predicted molar refractivity (Wildman–Crippen MR) is 108 cm³/mol. The number of carbonyl (C=O) groups excluding carboxylic acids is 1. The van der Waals surface area contributed by atoms with E-state index in [-0.39, 0.29) is 12.0 Å². The molecule has 1 atom stereocenters. The molecule has 2 heterocycles. The molecule has 8 heteroatoms. The highest BCUT2D eigenvalue weighted by atomic mass is 32.1. The zero-order valence-corrected chi connectivity index (χ0v) is 17.1. The van der Waals surface area contributed by atoms with Gasteiger partial charge in [-0.25, -0.2) is 4.79 Å². The maximum atomic E-state index is 12.3. The summed E-state index contributed by atoms with van der Waals surface area (Å²) >= 11 is 7.10. The minimum atomic E-state index is -0.300. The molecule has 0 saturated carbocycles. The maximum absolute atomic E-state index is 12.3. The van der Waals surface area contributed by atoms with Gasteiger partial charge >= 0.3 is 5.97 Å². The number of fused-ring (bicyclic) bond motifs is 1. The number of hydrogen-bond acceptors (Lipinski definition) is 5. The van der Waals surface area contributed by atoms with E-state index in [1.807, 2.05) is 31.8 Å². The zero-order chi connectivity index (χ0) is 18.8. The van der Waals surface area contributed by atoms with E-state index < -0.39 is 0 Å². The number of anilines is 1. The van der Waals surface area contributed by atoms with Crippen molar-refractivity contribution in [3.8, 4) is 0 Å². The monoisotopic (exact) mass is 392 g/mol. The number of ether oxygens (including phenoxy) is 1. The lowest BCUT2D eigenvalue weighted by Crippen LogP contribution is -2.31. The smallest absolute Gasteiger partial charge is 0.341 e. The molecule has 2 N–H and O–H groups in total. The number of thiophene rings is 1. The van der Waals surface area contributed by atoms with Gasteiger partial charge in [0, 0.05) is 23.2 Å². The average molecular weight is 393 g/mol. The van der Waals surface area contributed by atoms with Crippen LogP contribution in [-0.2, 0) is 24.6 Å². The molecule has 2 aromatic rings. The van der Waals surface area contributed by atoms with Gasteiger partial charge < -0.3 is 15.4 Å². The lowest BCUT2D eigenvalue weighted by atomic mass is 9.95. The average Bonchev–Trinajstić information content (AvgIpc) is 3.14. The van der Waals surface area contributed by atoms with Crippen LogP contribution in [0.5, 0.6) is 0 Å². The van der Waals surface area contributed by atoms with Gasteiger partial charge in [-0.15, -0.1) is 11.3 Å². The van der Waals surface area contributed by atoms with Gasteiger partial charge in [0.1, 0.15) is 5.00 Å². The molecule has 1 aliphatic rings. The lowest BCUT2D eigenvalue weighted by molar-refractivity contribution is 0.0601. The van der Waals surface area contributed by atoms with E-state index in [0.29, 0.717) is 10.7 Å². The van der Waals surface area contributed by atoms with Crippen molar-refractivity contribution in [3.05, 3.63) is 33.5 Å². The van der Waals surface area contributed by atoms with Crippen LogP contribution in [-0.4, -0.2) is 28.0 Å². The summed E-state index contributed by atoms with van der Waals surface area (Å²) in [6.45, 7) is 4.07. The standard InChI is InChI=1S/C18H24N4O2S2/c1-10(13-9-19-22(3)11(13)2)20-18(25)21-16-15(17(23)24-4)12-7-5-6-8-14(12)26-16/h9-10H,5-8H2,1-4H3,(H2,20,21,25). The van der Waals surface area contributed by atoms with Crippen molar-refractivity contribution in [1.82, 2.24) is 15.1 Å². The summed E-state index contributed by atoms with van der Waals surface area (Å²) in [6.07, 6.45) is 6.04. The number of esters is 1. The number of methoxy groups -OCH3 is 1. The van der Waals surface area contributed by atoms with Crippen LogP contribution >= 0.6 is 23.6 Å². The van der Waals surface area contributed by atoms with Gasteiger partial charge in [-0.1, -0.05) is 0 Å². The first-order valence-electron chi connectivity index (χ1n) is 8.71. The van der Waals surface area contributed by atoms with E-state index in [1.165, 1.54) is 12.0 Å². The number of carbonyl (C=O) groups is 1. The van der Waals surface area contributed by atoms with Crippen molar-refractivity contribution in [2.75, 3.05) is 12.4 Å². The van der Waals surface area contributed by atoms with Crippen molar-refractivity contribution in [3.63, 3.8) is 0 Å². The molecule has 0 amide bonds. The molecule has 0 saturated heterocycles. The van der Waals surface area contributed by atoms with Crippen LogP contribution in [0.15, 0.2) is 6.20 Å². The Morgan fingerprint density at radius 2 is 2.15 bits per heavy atom. The van der Waals surface area contributed by atoms with Crippen LogP contribution in [0, 0.1) is 6.92 Å². The molecule has 2 aromatic heterocycles. The summed E-state index contributed by atoms with van der Waals surface area (Å²) in [5.74, 6) is -0.300. The number of nitrogens with one attached hydrogen (secondary N) is 2. The summed E-state index contributed by atoms with van der Waals surface area (Å²) in [6, 6.07) is 0.0138. The van der Waals surface area contributed by atoms with Gasteiger partial charge in [0.25, 0.3) is 0 Å². The molecule has 0 aliphatic heterocycles. The highest BCUT2D eigenvalue weighted by Crippen LogP contribution is 2.38. The zero-order valence-electron chi connectivity index (χ0n) is 15.5. The molecule has 0 radical (unpaired) electrons. The van der Waals surface area contributed by atoms with Crippen molar-refractivity contribution in [2.24, 2.45) is 7.05 Å². The molecular formula is C18H24N4O2S2. The molecule has 0 spiro atoms. The van der Waals surface area contributed by atoms with Gasteiger partial charge in [0.05, 0.1) is 24.9 Å². The third kappa shape index (κ3) is 3.61. The number of thiocarbonyl (C=S) groups is 1. The first-order chi connectivity index (χ1) is 12.4. The molecule has 1 aliphatic carbocycles. The number of hydrogen-bond donors (Lipinski definition) is 2. The second-order valence-corrected chi connectivity index (χ2v) is 8.05. The van der Waals surface area contributed by atoms with Crippen molar-refractivity contribution in [2.45, 2.75) is 45.6 Å². The first kappa shape index (κ1) is 18.8. The Morgan fingerprint density at radius 3 is 2.81 bits per heavy atom. The lowest BCUT2D eigenvalue weighted by Gasteiger charge is -2.17. The quantitative estimate of drug-likeness (QED) is 0.613. The number of rotatable bonds is 4. The van der Waals surface area contributed by atoms with Gasteiger partial charge in [0.2, 0.25) is 0 Å². The maximum Gasteiger partial charge on any atom is 0.341 e. The van der Waals surface area contributed by atoms with Gasteiger partial charge in [0.15, 0.2) is 5.11 Å². The third-order valence-corrected chi connectivity index (χ3v) is 6.30. The Labute approximate surface area is 162 Å². The molecule has 0 aromatic carbocycles. The topological polar surface area (TPSA) is 68.2 Å². The molecular weight excluding hydrogens is 368 g/mol. The van der Waals surface area contributed by atoms with Crippen LogP contribution in [0.3, 0.4) is 0 Å². The first-order valence-corrected chi connectivity index (χ1v) is 9.93. The third-order valence-electron chi connectivity index (χ3n) is 4.88. The largest absolute Gasteiger partial charge is 0.465 e. The van der Waals surface area contributed by atoms with Crippen LogP contribution in [0.2, 0.25) is 0 Å². The number of aryl methyl sites for hydroxylation is 2. The minimum Gasteiger partial charge on any atom is -0.465 e. The number of nitrogens with zero attached hydrogens (tertiary/aromatic N) is 2. The van der Waals surface area contributed by atoms with Crippen molar-refractivity contribution in [1.29, 1.82) is 0 Å². The predicted octanol–water partition coefficient (Wildman–Crippen LogP) is 3.50. The summed E-state index contributed by atoms with van der Waals surface area (Å²) < 4.78 is 6.84. The minimum absolute atomic E-state index is 0.0138. The Morgan fingerprint density at radius 1 is 1.42 bits per heavy atom. The van der Waals surface area contributed by atoms with Crippen LogP contribution < -0.4 is 10.6 Å². The normalized spacial score (nSPS) is 14.5. The molecule has 26 heavy (non-hydrogen) atoms. The van der Waals surface area contributed by atoms with Gasteiger partial charge in [-0.3, -0.25) is 4.68 Å². The summed E-state index contributed by atoms with van der Waals surface area (Å²) in [7, 11) is 3.34. The van der Waals surface area contributed by atoms with Crippen LogP contribution in [0.4, 0.5) is 5.00 Å². The van der Waals surface area contributed by atoms with E-state index in [1.54, 1.807) is 11.3 Å². The molecule has 6 nitrogen and oxygen atoms in total.